The number of Topliss-reactive ketones (excluding diaryl/α,β-unsaturated/α-hetero) is 1. The van der Waals surface area contributed by atoms with Crippen LogP contribution in [0.2, 0.25) is 0 Å². The Hall–Kier alpha value is -3.08. The Labute approximate surface area is 152 Å². The van der Waals surface area contributed by atoms with Crippen LogP contribution in [0.4, 0.5) is 5.69 Å². The number of anilines is 1. The van der Waals surface area contributed by atoms with Gasteiger partial charge in [0.15, 0.2) is 11.5 Å². The molecular weight excluding hydrogens is 330 g/mol. The third-order valence-electron chi connectivity index (χ3n) is 4.49. The van der Waals surface area contributed by atoms with Crippen LogP contribution in [0.5, 0.6) is 5.75 Å². The van der Waals surface area contributed by atoms with Gasteiger partial charge >= 0.3 is 0 Å². The lowest BCUT2D eigenvalue weighted by molar-refractivity contribution is -0.119. The summed E-state index contributed by atoms with van der Waals surface area (Å²) >= 11 is 0. The fourth-order valence-electron chi connectivity index (χ4n) is 3.18. The zero-order valence-corrected chi connectivity index (χ0v) is 14.9. The predicted octanol–water partition coefficient (Wildman–Crippen LogP) is 3.83. The number of nitrogens with zero attached hydrogens (tertiary/aromatic N) is 1. The van der Waals surface area contributed by atoms with E-state index in [0.717, 1.165) is 5.56 Å². The molecule has 134 valence electrons. The molecule has 0 aliphatic carbocycles. The number of aryl methyl sites for hydroxylation is 1. The van der Waals surface area contributed by atoms with Crippen molar-refractivity contribution in [3.05, 3.63) is 71.0 Å². The van der Waals surface area contributed by atoms with Gasteiger partial charge in [-0.05, 0) is 42.3 Å². The van der Waals surface area contributed by atoms with Gasteiger partial charge in [0.2, 0.25) is 0 Å². The van der Waals surface area contributed by atoms with Crippen molar-refractivity contribution in [1.29, 1.82) is 0 Å². The van der Waals surface area contributed by atoms with E-state index in [4.69, 9.17) is 0 Å². The molecule has 2 aromatic rings. The molecule has 1 aliphatic heterocycles. The fourth-order valence-corrected chi connectivity index (χ4v) is 3.18. The van der Waals surface area contributed by atoms with Crippen molar-refractivity contribution in [2.24, 2.45) is 5.92 Å². The molecule has 26 heavy (non-hydrogen) atoms. The normalized spacial score (nSPS) is 17.3. The molecule has 1 aliphatic rings. The van der Waals surface area contributed by atoms with Gasteiger partial charge in [-0.25, -0.2) is 0 Å². The molecule has 0 saturated heterocycles. The molecule has 5 nitrogen and oxygen atoms in total. The van der Waals surface area contributed by atoms with Gasteiger partial charge in [-0.3, -0.25) is 14.5 Å². The first-order chi connectivity index (χ1) is 12.3. The first-order valence-corrected chi connectivity index (χ1v) is 8.47. The summed E-state index contributed by atoms with van der Waals surface area (Å²) in [6.07, 6.45) is 0. The summed E-state index contributed by atoms with van der Waals surface area (Å²) in [4.78, 5) is 27.0. The second-order valence-electron chi connectivity index (χ2n) is 6.79. The number of aliphatic hydroxyl groups is 1. The monoisotopic (exact) mass is 351 g/mol. The Morgan fingerprint density at radius 3 is 2.31 bits per heavy atom. The summed E-state index contributed by atoms with van der Waals surface area (Å²) in [5, 5.41) is 20.1. The van der Waals surface area contributed by atoms with Crippen molar-refractivity contribution < 1.29 is 19.8 Å². The lowest BCUT2D eigenvalue weighted by Gasteiger charge is -2.27. The zero-order valence-electron chi connectivity index (χ0n) is 14.9. The average Bonchev–Trinajstić information content (AvgIpc) is 2.86. The van der Waals surface area contributed by atoms with E-state index in [2.05, 4.69) is 0 Å². The molecule has 1 heterocycles. The second-order valence-corrected chi connectivity index (χ2v) is 6.79. The van der Waals surface area contributed by atoms with Gasteiger partial charge in [-0.15, -0.1) is 0 Å². The molecule has 0 bridgehead atoms. The minimum atomic E-state index is -0.736. The van der Waals surface area contributed by atoms with E-state index >= 15 is 0 Å². The maximum Gasteiger partial charge on any atom is 0.294 e. The topological polar surface area (TPSA) is 77.8 Å². The summed E-state index contributed by atoms with van der Waals surface area (Å²) in [7, 11) is 0. The molecular formula is C21H21NO4. The maximum atomic E-state index is 12.8. The SMILES string of the molecule is Cc1cccc(N2C(=O)C(O)=C(C(=O)C(C)C)C2c2ccc(O)cc2)c1. The molecule has 1 atom stereocenters. The van der Waals surface area contributed by atoms with Crippen molar-refractivity contribution >= 4 is 17.4 Å². The van der Waals surface area contributed by atoms with Crippen LogP contribution in [0.25, 0.3) is 0 Å². The first-order valence-electron chi connectivity index (χ1n) is 8.47. The van der Waals surface area contributed by atoms with Crippen molar-refractivity contribution in [1.82, 2.24) is 0 Å². The van der Waals surface area contributed by atoms with Crippen molar-refractivity contribution in [2.45, 2.75) is 26.8 Å². The molecule has 0 aromatic heterocycles. The van der Waals surface area contributed by atoms with E-state index < -0.39 is 17.7 Å². The lowest BCUT2D eigenvalue weighted by atomic mass is 9.91. The number of amides is 1. The van der Waals surface area contributed by atoms with Gasteiger partial charge in [-0.2, -0.15) is 0 Å². The molecule has 0 saturated carbocycles. The highest BCUT2D eigenvalue weighted by Crippen LogP contribution is 2.42. The summed E-state index contributed by atoms with van der Waals surface area (Å²) < 4.78 is 0. The summed E-state index contributed by atoms with van der Waals surface area (Å²) in [6, 6.07) is 12.9. The Bertz CT molecular complexity index is 896. The van der Waals surface area contributed by atoms with Gasteiger partial charge < -0.3 is 10.2 Å². The Balaban J connectivity index is 2.19. The number of carbonyl (C=O) groups excluding carboxylic acids is 2. The molecule has 1 unspecified atom stereocenters. The quantitative estimate of drug-likeness (QED) is 0.878. The number of benzene rings is 2. The van der Waals surface area contributed by atoms with Crippen LogP contribution in [-0.2, 0) is 9.59 Å². The van der Waals surface area contributed by atoms with Crippen LogP contribution in [0.3, 0.4) is 0 Å². The average molecular weight is 351 g/mol. The Morgan fingerprint density at radius 2 is 1.73 bits per heavy atom. The minimum absolute atomic E-state index is 0.0881. The zero-order chi connectivity index (χ0) is 19.0. The van der Waals surface area contributed by atoms with E-state index in [1.807, 2.05) is 25.1 Å². The number of rotatable bonds is 4. The van der Waals surface area contributed by atoms with Crippen LogP contribution in [0.15, 0.2) is 59.9 Å². The molecule has 1 amide bonds. The maximum absolute atomic E-state index is 12.8. The number of hydrogen-bond donors (Lipinski definition) is 2. The van der Waals surface area contributed by atoms with E-state index in [1.54, 1.807) is 32.0 Å². The van der Waals surface area contributed by atoms with E-state index in [1.165, 1.54) is 17.0 Å². The molecule has 2 aromatic carbocycles. The molecule has 3 rings (SSSR count). The summed E-state index contributed by atoms with van der Waals surface area (Å²) in [6.45, 7) is 5.37. The third kappa shape index (κ3) is 2.96. The first kappa shape index (κ1) is 17.7. The number of ketones is 1. The van der Waals surface area contributed by atoms with Crippen LogP contribution in [0.1, 0.15) is 31.0 Å². The highest BCUT2D eigenvalue weighted by atomic mass is 16.3. The number of carbonyl (C=O) groups is 2. The Kier molecular flexibility index (Phi) is 4.55. The van der Waals surface area contributed by atoms with Crippen LogP contribution in [-0.4, -0.2) is 21.9 Å². The number of phenols is 1. The van der Waals surface area contributed by atoms with Crippen LogP contribution in [0, 0.1) is 12.8 Å². The van der Waals surface area contributed by atoms with Crippen molar-refractivity contribution in [2.75, 3.05) is 4.90 Å². The highest BCUT2D eigenvalue weighted by molar-refractivity contribution is 6.16. The molecule has 0 radical (unpaired) electrons. The van der Waals surface area contributed by atoms with Gasteiger partial charge in [-0.1, -0.05) is 38.1 Å². The van der Waals surface area contributed by atoms with Gasteiger partial charge in [0, 0.05) is 11.6 Å². The molecule has 0 fully saturated rings. The van der Waals surface area contributed by atoms with Gasteiger partial charge in [0.25, 0.3) is 5.91 Å². The van der Waals surface area contributed by atoms with E-state index in [9.17, 15) is 19.8 Å². The highest BCUT2D eigenvalue weighted by Gasteiger charge is 2.44. The number of aliphatic hydroxyl groups excluding tert-OH is 1. The fraction of sp³-hybridized carbons (Fsp3) is 0.238. The van der Waals surface area contributed by atoms with Crippen LogP contribution >= 0.6 is 0 Å². The molecule has 5 heteroatoms. The summed E-state index contributed by atoms with van der Waals surface area (Å²) in [5.41, 5.74) is 2.30. The Morgan fingerprint density at radius 1 is 1.08 bits per heavy atom. The van der Waals surface area contributed by atoms with Gasteiger partial charge in [0.05, 0.1) is 11.6 Å². The van der Waals surface area contributed by atoms with Crippen LogP contribution < -0.4 is 4.90 Å². The molecule has 2 N–H and O–H groups in total. The predicted molar refractivity (Wildman–Crippen MR) is 99.0 cm³/mol. The second kappa shape index (κ2) is 6.67. The smallest absolute Gasteiger partial charge is 0.294 e. The lowest BCUT2D eigenvalue weighted by Crippen LogP contribution is -2.31. The number of phenolic OH excluding ortho intramolecular Hbond substituents is 1. The van der Waals surface area contributed by atoms with Crippen molar-refractivity contribution in [3.8, 4) is 5.75 Å². The van der Waals surface area contributed by atoms with Crippen molar-refractivity contribution in [3.63, 3.8) is 0 Å². The molecule has 0 spiro atoms. The largest absolute Gasteiger partial charge is 0.508 e. The summed E-state index contributed by atoms with van der Waals surface area (Å²) in [5.74, 6) is -1.66. The number of hydrogen-bond acceptors (Lipinski definition) is 4. The van der Waals surface area contributed by atoms with E-state index in [-0.39, 0.29) is 23.0 Å². The van der Waals surface area contributed by atoms with Gasteiger partial charge in [0.1, 0.15) is 5.75 Å². The third-order valence-corrected chi connectivity index (χ3v) is 4.49. The van der Waals surface area contributed by atoms with E-state index in [0.29, 0.717) is 11.3 Å². The number of aromatic hydroxyl groups is 1. The minimum Gasteiger partial charge on any atom is -0.508 e. The standard InChI is InChI=1S/C21H21NO4/c1-12(2)19(24)17-18(14-7-9-16(23)10-8-14)22(21(26)20(17)25)15-6-4-5-13(3)11-15/h4-12,18,23,25H,1-3H3.